The second-order valence-electron chi connectivity index (χ2n) is 3.26. The van der Waals surface area contributed by atoms with E-state index < -0.39 is 5.97 Å². The van der Waals surface area contributed by atoms with Crippen LogP contribution in [0, 0.1) is 0 Å². The van der Waals surface area contributed by atoms with Gasteiger partial charge < -0.3 is 5.11 Å². The molecule has 0 bridgehead atoms. The highest BCUT2D eigenvalue weighted by molar-refractivity contribution is 7.99. The molecule has 1 atom stereocenters. The van der Waals surface area contributed by atoms with Crippen LogP contribution in [-0.4, -0.2) is 16.8 Å². The van der Waals surface area contributed by atoms with E-state index in [1.54, 1.807) is 11.8 Å². The summed E-state index contributed by atoms with van der Waals surface area (Å²) in [5.41, 5.74) is 1.09. The van der Waals surface area contributed by atoms with Gasteiger partial charge in [0.05, 0.1) is 11.4 Å². The minimum atomic E-state index is -0.747. The molecule has 1 aliphatic rings. The van der Waals surface area contributed by atoms with Crippen LogP contribution in [0.15, 0.2) is 23.1 Å². The zero-order valence-electron chi connectivity index (χ0n) is 7.37. The second kappa shape index (κ2) is 3.83. The van der Waals surface area contributed by atoms with E-state index in [-0.39, 0.29) is 12.3 Å². The number of hydrogen-bond acceptors (Lipinski definition) is 2. The smallest absolute Gasteiger partial charge is 0.303 e. The standard InChI is InChI=1S/C10H9ClO2S/c11-8-3-1-2-7-6(4-9(12)13)5-14-10(7)8/h1-3,6H,4-5H2,(H,12,13). The first-order valence-electron chi connectivity index (χ1n) is 4.31. The van der Waals surface area contributed by atoms with Gasteiger partial charge >= 0.3 is 5.97 Å². The molecule has 0 radical (unpaired) electrons. The molecule has 0 saturated carbocycles. The molecule has 1 heterocycles. The maximum absolute atomic E-state index is 10.6. The lowest BCUT2D eigenvalue weighted by Gasteiger charge is -2.06. The Labute approximate surface area is 91.3 Å². The highest BCUT2D eigenvalue weighted by Gasteiger charge is 2.26. The van der Waals surface area contributed by atoms with Crippen molar-refractivity contribution in [2.24, 2.45) is 0 Å². The molecule has 4 heteroatoms. The van der Waals surface area contributed by atoms with Gasteiger partial charge in [-0.05, 0) is 11.6 Å². The summed E-state index contributed by atoms with van der Waals surface area (Å²) in [6.45, 7) is 0. The number of thioether (sulfide) groups is 1. The SMILES string of the molecule is O=C(O)CC1CSc2c(Cl)cccc21. The van der Waals surface area contributed by atoms with Crippen molar-refractivity contribution < 1.29 is 9.90 Å². The highest BCUT2D eigenvalue weighted by atomic mass is 35.5. The van der Waals surface area contributed by atoms with Gasteiger partial charge in [-0.1, -0.05) is 23.7 Å². The molecule has 74 valence electrons. The number of aliphatic carboxylic acids is 1. The molecule has 0 spiro atoms. The van der Waals surface area contributed by atoms with Crippen molar-refractivity contribution in [2.75, 3.05) is 5.75 Å². The van der Waals surface area contributed by atoms with E-state index in [1.807, 2.05) is 18.2 Å². The topological polar surface area (TPSA) is 37.3 Å². The Hall–Kier alpha value is -0.670. The molecule has 0 fully saturated rings. The summed E-state index contributed by atoms with van der Waals surface area (Å²) in [6.07, 6.45) is 0.195. The van der Waals surface area contributed by atoms with Crippen LogP contribution in [0.2, 0.25) is 5.02 Å². The van der Waals surface area contributed by atoms with Crippen molar-refractivity contribution in [2.45, 2.75) is 17.2 Å². The van der Waals surface area contributed by atoms with Gasteiger partial charge in [0.2, 0.25) is 0 Å². The number of rotatable bonds is 2. The second-order valence-corrected chi connectivity index (χ2v) is 4.70. The molecule has 0 saturated heterocycles. The zero-order valence-corrected chi connectivity index (χ0v) is 8.94. The van der Waals surface area contributed by atoms with Gasteiger partial charge in [0.15, 0.2) is 0 Å². The Bertz CT molecular complexity index is 378. The molecule has 2 rings (SSSR count). The number of hydrogen-bond donors (Lipinski definition) is 1. The summed E-state index contributed by atoms with van der Waals surface area (Å²) in [7, 11) is 0. The number of carboxylic acids is 1. The highest BCUT2D eigenvalue weighted by Crippen LogP contribution is 2.44. The summed E-state index contributed by atoms with van der Waals surface area (Å²) in [4.78, 5) is 11.7. The minimum Gasteiger partial charge on any atom is -0.481 e. The van der Waals surface area contributed by atoms with Crippen LogP contribution in [0.5, 0.6) is 0 Å². The Kier molecular flexibility index (Phi) is 2.70. The van der Waals surface area contributed by atoms with Crippen LogP contribution in [0.3, 0.4) is 0 Å². The molecule has 0 amide bonds. The van der Waals surface area contributed by atoms with Crippen molar-refractivity contribution in [3.8, 4) is 0 Å². The number of fused-ring (bicyclic) bond motifs is 1. The monoisotopic (exact) mass is 228 g/mol. The molecular formula is C10H9ClO2S. The molecule has 1 aromatic carbocycles. The first-order valence-corrected chi connectivity index (χ1v) is 5.68. The van der Waals surface area contributed by atoms with Crippen molar-refractivity contribution >= 4 is 29.3 Å². The zero-order chi connectivity index (χ0) is 10.1. The lowest BCUT2D eigenvalue weighted by Crippen LogP contribution is -2.05. The van der Waals surface area contributed by atoms with E-state index >= 15 is 0 Å². The molecule has 1 unspecified atom stereocenters. The summed E-state index contributed by atoms with van der Waals surface area (Å²) >= 11 is 7.65. The average Bonchev–Trinajstić information content (AvgIpc) is 2.49. The van der Waals surface area contributed by atoms with Crippen molar-refractivity contribution in [1.82, 2.24) is 0 Å². The molecule has 0 aliphatic carbocycles. The number of carboxylic acid groups (broad SMARTS) is 1. The molecule has 0 aromatic heterocycles. The van der Waals surface area contributed by atoms with E-state index in [0.29, 0.717) is 0 Å². The molecule has 1 aliphatic heterocycles. The largest absolute Gasteiger partial charge is 0.481 e. The van der Waals surface area contributed by atoms with E-state index in [2.05, 4.69) is 0 Å². The first-order chi connectivity index (χ1) is 6.68. The first kappa shape index (κ1) is 9.87. The Morgan fingerprint density at radius 2 is 2.43 bits per heavy atom. The average molecular weight is 229 g/mol. The quantitative estimate of drug-likeness (QED) is 0.846. The number of carbonyl (C=O) groups is 1. The fourth-order valence-corrected chi connectivity index (χ4v) is 3.27. The Balaban J connectivity index is 2.30. The van der Waals surface area contributed by atoms with Crippen LogP contribution in [-0.2, 0) is 4.79 Å². The van der Waals surface area contributed by atoms with E-state index in [0.717, 1.165) is 21.2 Å². The van der Waals surface area contributed by atoms with Crippen LogP contribution < -0.4 is 0 Å². The van der Waals surface area contributed by atoms with Crippen molar-refractivity contribution in [1.29, 1.82) is 0 Å². The van der Waals surface area contributed by atoms with Gasteiger partial charge in [-0.2, -0.15) is 0 Å². The van der Waals surface area contributed by atoms with E-state index in [1.165, 1.54) is 0 Å². The van der Waals surface area contributed by atoms with Crippen LogP contribution in [0.4, 0.5) is 0 Å². The molecule has 2 nitrogen and oxygen atoms in total. The minimum absolute atomic E-state index is 0.117. The Morgan fingerprint density at radius 1 is 1.64 bits per heavy atom. The molecule has 1 aromatic rings. The summed E-state index contributed by atoms with van der Waals surface area (Å²) in [5, 5.41) is 9.46. The van der Waals surface area contributed by atoms with E-state index in [4.69, 9.17) is 16.7 Å². The number of benzene rings is 1. The third-order valence-corrected chi connectivity index (χ3v) is 4.03. The lowest BCUT2D eigenvalue weighted by atomic mass is 9.98. The summed E-state index contributed by atoms with van der Waals surface area (Å²) in [6, 6.07) is 5.69. The maximum Gasteiger partial charge on any atom is 0.303 e. The van der Waals surface area contributed by atoms with Gasteiger partial charge in [0.1, 0.15) is 0 Å². The summed E-state index contributed by atoms with van der Waals surface area (Å²) < 4.78 is 0. The third kappa shape index (κ3) is 1.74. The lowest BCUT2D eigenvalue weighted by molar-refractivity contribution is -0.137. The third-order valence-electron chi connectivity index (χ3n) is 2.29. The van der Waals surface area contributed by atoms with Crippen LogP contribution >= 0.6 is 23.4 Å². The Morgan fingerprint density at radius 3 is 3.14 bits per heavy atom. The van der Waals surface area contributed by atoms with E-state index in [9.17, 15) is 4.79 Å². The van der Waals surface area contributed by atoms with Crippen LogP contribution in [0.25, 0.3) is 0 Å². The van der Waals surface area contributed by atoms with Gasteiger partial charge in [-0.15, -0.1) is 11.8 Å². The van der Waals surface area contributed by atoms with Gasteiger partial charge in [-0.3, -0.25) is 4.79 Å². The van der Waals surface area contributed by atoms with Crippen LogP contribution in [0.1, 0.15) is 17.9 Å². The van der Waals surface area contributed by atoms with Gasteiger partial charge in [0.25, 0.3) is 0 Å². The predicted octanol–water partition coefficient (Wildman–Crippen LogP) is 3.00. The number of halogens is 1. The maximum atomic E-state index is 10.6. The fraction of sp³-hybridized carbons (Fsp3) is 0.300. The van der Waals surface area contributed by atoms with Crippen molar-refractivity contribution in [3.05, 3.63) is 28.8 Å². The fourth-order valence-electron chi connectivity index (χ4n) is 1.65. The van der Waals surface area contributed by atoms with Crippen molar-refractivity contribution in [3.63, 3.8) is 0 Å². The predicted molar refractivity (Wildman–Crippen MR) is 57.2 cm³/mol. The molecular weight excluding hydrogens is 220 g/mol. The van der Waals surface area contributed by atoms with Gasteiger partial charge in [-0.25, -0.2) is 0 Å². The van der Waals surface area contributed by atoms with Gasteiger partial charge in [0, 0.05) is 16.6 Å². The normalized spacial score (nSPS) is 19.4. The summed E-state index contributed by atoms with van der Waals surface area (Å²) in [5.74, 6) is 0.195. The molecule has 14 heavy (non-hydrogen) atoms. The molecule has 1 N–H and O–H groups in total.